The topological polar surface area (TPSA) is 42.4 Å². The third-order valence-electron chi connectivity index (χ3n) is 2.72. The highest BCUT2D eigenvalue weighted by Crippen LogP contribution is 2.31. The van der Waals surface area contributed by atoms with Gasteiger partial charge in [-0.25, -0.2) is 4.39 Å². The van der Waals surface area contributed by atoms with Gasteiger partial charge in [0.1, 0.15) is 17.7 Å². The number of ether oxygens (including phenoxy) is 1. The second-order valence-electron chi connectivity index (χ2n) is 4.05. The SMILES string of the molecule is COc1cccc(F)c1C(O)c1cncc(C)c1. The monoisotopic (exact) mass is 247 g/mol. The molecule has 4 heteroatoms. The van der Waals surface area contributed by atoms with Crippen molar-refractivity contribution in [2.45, 2.75) is 13.0 Å². The van der Waals surface area contributed by atoms with Crippen LogP contribution in [0.1, 0.15) is 22.8 Å². The van der Waals surface area contributed by atoms with Gasteiger partial charge in [-0.2, -0.15) is 0 Å². The molecular formula is C14H14FNO2. The Labute approximate surface area is 105 Å². The van der Waals surface area contributed by atoms with Gasteiger partial charge in [0.15, 0.2) is 0 Å². The molecule has 18 heavy (non-hydrogen) atoms. The molecule has 1 aromatic heterocycles. The third-order valence-corrected chi connectivity index (χ3v) is 2.72. The summed E-state index contributed by atoms with van der Waals surface area (Å²) >= 11 is 0. The molecule has 0 spiro atoms. The second kappa shape index (κ2) is 5.14. The second-order valence-corrected chi connectivity index (χ2v) is 4.05. The summed E-state index contributed by atoms with van der Waals surface area (Å²) in [6.45, 7) is 1.86. The van der Waals surface area contributed by atoms with Crippen molar-refractivity contribution in [3.05, 3.63) is 59.2 Å². The Morgan fingerprint density at radius 2 is 2.11 bits per heavy atom. The first-order valence-electron chi connectivity index (χ1n) is 5.55. The zero-order chi connectivity index (χ0) is 13.1. The van der Waals surface area contributed by atoms with E-state index in [1.165, 1.54) is 19.4 Å². The van der Waals surface area contributed by atoms with Crippen LogP contribution in [0.25, 0.3) is 0 Å². The van der Waals surface area contributed by atoms with Crippen LogP contribution < -0.4 is 4.74 Å². The molecule has 1 atom stereocenters. The lowest BCUT2D eigenvalue weighted by atomic mass is 10.0. The Bertz CT molecular complexity index is 557. The lowest BCUT2D eigenvalue weighted by Gasteiger charge is -2.15. The fourth-order valence-corrected chi connectivity index (χ4v) is 1.86. The Morgan fingerprint density at radius 1 is 1.33 bits per heavy atom. The fraction of sp³-hybridized carbons (Fsp3) is 0.214. The highest BCUT2D eigenvalue weighted by molar-refractivity contribution is 5.41. The molecule has 0 saturated carbocycles. The highest BCUT2D eigenvalue weighted by atomic mass is 19.1. The molecular weight excluding hydrogens is 233 g/mol. The van der Waals surface area contributed by atoms with Gasteiger partial charge < -0.3 is 9.84 Å². The summed E-state index contributed by atoms with van der Waals surface area (Å²) in [5.41, 5.74) is 1.58. The summed E-state index contributed by atoms with van der Waals surface area (Å²) in [6, 6.07) is 6.22. The van der Waals surface area contributed by atoms with Crippen LogP contribution in [0, 0.1) is 12.7 Å². The number of aromatic nitrogens is 1. The first-order chi connectivity index (χ1) is 8.63. The molecule has 0 amide bonds. The maximum Gasteiger partial charge on any atom is 0.133 e. The number of aryl methyl sites for hydroxylation is 1. The maximum atomic E-state index is 13.8. The Hall–Kier alpha value is -1.94. The standard InChI is InChI=1S/C14H14FNO2/c1-9-6-10(8-16-7-9)14(17)13-11(15)4-3-5-12(13)18-2/h3-8,14,17H,1-2H3. The van der Waals surface area contributed by atoms with Crippen LogP contribution in [0.3, 0.4) is 0 Å². The Morgan fingerprint density at radius 3 is 2.78 bits per heavy atom. The molecule has 1 aromatic carbocycles. The molecule has 0 saturated heterocycles. The number of halogens is 1. The number of aliphatic hydroxyl groups excluding tert-OH is 1. The van der Waals surface area contributed by atoms with E-state index in [0.717, 1.165) is 5.56 Å². The number of benzene rings is 1. The van der Waals surface area contributed by atoms with Gasteiger partial charge in [-0.1, -0.05) is 12.1 Å². The molecule has 2 aromatic rings. The van der Waals surface area contributed by atoms with Crippen molar-refractivity contribution in [3.8, 4) is 5.75 Å². The number of hydrogen-bond acceptors (Lipinski definition) is 3. The molecule has 0 radical (unpaired) electrons. The summed E-state index contributed by atoms with van der Waals surface area (Å²) in [5, 5.41) is 10.2. The smallest absolute Gasteiger partial charge is 0.133 e. The van der Waals surface area contributed by atoms with Gasteiger partial charge in [-0.15, -0.1) is 0 Å². The van der Waals surface area contributed by atoms with Crippen LogP contribution in [-0.4, -0.2) is 17.2 Å². The van der Waals surface area contributed by atoms with Crippen molar-refractivity contribution < 1.29 is 14.2 Å². The lowest BCUT2D eigenvalue weighted by molar-refractivity contribution is 0.208. The first kappa shape index (κ1) is 12.5. The van der Waals surface area contributed by atoms with E-state index >= 15 is 0 Å². The minimum Gasteiger partial charge on any atom is -0.496 e. The molecule has 0 aliphatic heterocycles. The average molecular weight is 247 g/mol. The highest BCUT2D eigenvalue weighted by Gasteiger charge is 2.20. The Balaban J connectivity index is 2.48. The lowest BCUT2D eigenvalue weighted by Crippen LogP contribution is -2.06. The summed E-state index contributed by atoms with van der Waals surface area (Å²) in [6.07, 6.45) is 2.10. The number of methoxy groups -OCH3 is 1. The molecule has 3 nitrogen and oxygen atoms in total. The van der Waals surface area contributed by atoms with Crippen molar-refractivity contribution >= 4 is 0 Å². The number of hydrogen-bond donors (Lipinski definition) is 1. The van der Waals surface area contributed by atoms with Gasteiger partial charge in [-0.05, 0) is 24.6 Å². The van der Waals surface area contributed by atoms with Crippen LogP contribution in [-0.2, 0) is 0 Å². The number of aliphatic hydroxyl groups is 1. The molecule has 1 N–H and O–H groups in total. The largest absolute Gasteiger partial charge is 0.496 e. The van der Waals surface area contributed by atoms with Crippen LogP contribution >= 0.6 is 0 Å². The first-order valence-corrected chi connectivity index (χ1v) is 5.55. The zero-order valence-corrected chi connectivity index (χ0v) is 10.2. The van der Waals surface area contributed by atoms with Crippen molar-refractivity contribution in [2.24, 2.45) is 0 Å². The van der Waals surface area contributed by atoms with Gasteiger partial charge in [-0.3, -0.25) is 4.98 Å². The van der Waals surface area contributed by atoms with E-state index in [1.807, 2.05) is 6.92 Å². The summed E-state index contributed by atoms with van der Waals surface area (Å²) in [7, 11) is 1.44. The Kier molecular flexibility index (Phi) is 3.58. The molecule has 0 fully saturated rings. The number of rotatable bonds is 3. The summed E-state index contributed by atoms with van der Waals surface area (Å²) in [4.78, 5) is 3.99. The van der Waals surface area contributed by atoms with E-state index in [4.69, 9.17) is 4.74 Å². The van der Waals surface area contributed by atoms with Gasteiger partial charge in [0, 0.05) is 18.0 Å². The predicted octanol–water partition coefficient (Wildman–Crippen LogP) is 2.62. The third kappa shape index (κ3) is 2.33. The van der Waals surface area contributed by atoms with Gasteiger partial charge in [0.05, 0.1) is 12.7 Å². The molecule has 94 valence electrons. The molecule has 2 rings (SSSR count). The number of pyridine rings is 1. The van der Waals surface area contributed by atoms with Crippen molar-refractivity contribution in [1.82, 2.24) is 4.98 Å². The minimum atomic E-state index is -1.09. The predicted molar refractivity (Wildman–Crippen MR) is 66.0 cm³/mol. The van der Waals surface area contributed by atoms with E-state index in [0.29, 0.717) is 11.3 Å². The maximum absolute atomic E-state index is 13.8. The summed E-state index contributed by atoms with van der Waals surface area (Å²) in [5.74, 6) is -0.174. The molecule has 0 aliphatic rings. The van der Waals surface area contributed by atoms with Crippen LogP contribution in [0.2, 0.25) is 0 Å². The van der Waals surface area contributed by atoms with Crippen LogP contribution in [0.5, 0.6) is 5.75 Å². The molecule has 0 aliphatic carbocycles. The fourth-order valence-electron chi connectivity index (χ4n) is 1.86. The van der Waals surface area contributed by atoms with Gasteiger partial charge in [0.2, 0.25) is 0 Å². The molecule has 0 bridgehead atoms. The zero-order valence-electron chi connectivity index (χ0n) is 10.2. The van der Waals surface area contributed by atoms with Crippen molar-refractivity contribution in [2.75, 3.05) is 7.11 Å². The average Bonchev–Trinajstić information content (AvgIpc) is 2.37. The van der Waals surface area contributed by atoms with E-state index in [-0.39, 0.29) is 5.56 Å². The van der Waals surface area contributed by atoms with Gasteiger partial charge >= 0.3 is 0 Å². The van der Waals surface area contributed by atoms with Gasteiger partial charge in [0.25, 0.3) is 0 Å². The van der Waals surface area contributed by atoms with E-state index in [2.05, 4.69) is 4.98 Å². The van der Waals surface area contributed by atoms with Crippen molar-refractivity contribution in [1.29, 1.82) is 0 Å². The van der Waals surface area contributed by atoms with E-state index in [9.17, 15) is 9.50 Å². The van der Waals surface area contributed by atoms with E-state index in [1.54, 1.807) is 24.4 Å². The van der Waals surface area contributed by atoms with E-state index < -0.39 is 11.9 Å². The normalized spacial score (nSPS) is 12.2. The van der Waals surface area contributed by atoms with Crippen molar-refractivity contribution in [3.63, 3.8) is 0 Å². The summed E-state index contributed by atoms with van der Waals surface area (Å²) < 4.78 is 18.9. The quantitative estimate of drug-likeness (QED) is 0.906. The van der Waals surface area contributed by atoms with Crippen LogP contribution in [0.15, 0.2) is 36.7 Å². The molecule has 1 heterocycles. The molecule has 1 unspecified atom stereocenters. The number of nitrogens with zero attached hydrogens (tertiary/aromatic N) is 1. The minimum absolute atomic E-state index is 0.132. The van der Waals surface area contributed by atoms with Crippen LogP contribution in [0.4, 0.5) is 4.39 Å².